The van der Waals surface area contributed by atoms with Crippen molar-refractivity contribution in [1.29, 1.82) is 0 Å². The summed E-state index contributed by atoms with van der Waals surface area (Å²) in [5, 5.41) is 3.48. The Hall–Kier alpha value is -1.76. The number of carbonyl (C=O) groups is 1. The van der Waals surface area contributed by atoms with E-state index in [1.807, 2.05) is 27.7 Å². The van der Waals surface area contributed by atoms with Crippen molar-refractivity contribution in [2.75, 3.05) is 10.8 Å². The molecule has 0 saturated heterocycles. The third-order valence-electron chi connectivity index (χ3n) is 4.56. The van der Waals surface area contributed by atoms with E-state index in [1.54, 1.807) is 24.3 Å². The first-order valence-electron chi connectivity index (χ1n) is 9.36. The Morgan fingerprint density at radius 1 is 1.00 bits per heavy atom. The monoisotopic (exact) mass is 456 g/mol. The molecule has 0 aromatic heterocycles. The molecule has 0 bridgehead atoms. The molecule has 0 spiro atoms. The Balaban J connectivity index is 2.44. The van der Waals surface area contributed by atoms with Gasteiger partial charge < -0.3 is 5.32 Å². The summed E-state index contributed by atoms with van der Waals surface area (Å²) in [5.41, 5.74) is 0.195. The summed E-state index contributed by atoms with van der Waals surface area (Å²) in [6.07, 6.45) is 0. The second-order valence-corrected chi connectivity index (χ2v) is 10.2. The summed E-state index contributed by atoms with van der Waals surface area (Å²) in [5.74, 6) is 0.0115. The molecule has 1 N–H and O–H groups in total. The number of rotatable bonds is 8. The highest BCUT2D eigenvalue weighted by molar-refractivity contribution is 7.92. The molecule has 0 atom stereocenters. The standard InChI is InChI=1S/C21H26Cl2N2O3S/c1-14(2)21(15(3)4)24-20(26)13-25(19-11-10-16(22)12-18(19)23)29(27,28)17-8-6-5-7-9-17/h5-12,14-15,21H,13H2,1-4H3,(H,24,26). The molecule has 29 heavy (non-hydrogen) atoms. The first-order chi connectivity index (χ1) is 13.5. The molecule has 0 radical (unpaired) electrons. The number of carbonyl (C=O) groups excluding carboxylic acids is 1. The first kappa shape index (κ1) is 23.5. The van der Waals surface area contributed by atoms with Crippen LogP contribution in [0.5, 0.6) is 0 Å². The average Bonchev–Trinajstić information content (AvgIpc) is 2.65. The minimum absolute atomic E-state index is 0.0723. The predicted molar refractivity (Wildman–Crippen MR) is 119 cm³/mol. The zero-order valence-electron chi connectivity index (χ0n) is 16.9. The second-order valence-electron chi connectivity index (χ2n) is 7.50. The zero-order chi connectivity index (χ0) is 21.8. The van der Waals surface area contributed by atoms with Gasteiger partial charge in [0.25, 0.3) is 10.0 Å². The maximum absolute atomic E-state index is 13.3. The fourth-order valence-electron chi connectivity index (χ4n) is 3.17. The van der Waals surface area contributed by atoms with Crippen molar-refractivity contribution >= 4 is 44.8 Å². The van der Waals surface area contributed by atoms with Crippen molar-refractivity contribution in [3.8, 4) is 0 Å². The van der Waals surface area contributed by atoms with E-state index >= 15 is 0 Å². The van der Waals surface area contributed by atoms with Crippen LogP contribution in [0.4, 0.5) is 5.69 Å². The van der Waals surface area contributed by atoms with Crippen molar-refractivity contribution < 1.29 is 13.2 Å². The molecular weight excluding hydrogens is 431 g/mol. The van der Waals surface area contributed by atoms with Crippen LogP contribution in [0.25, 0.3) is 0 Å². The lowest BCUT2D eigenvalue weighted by Gasteiger charge is -2.29. The Labute approximate surface area is 183 Å². The maximum Gasteiger partial charge on any atom is 0.264 e. The molecule has 0 aliphatic carbocycles. The van der Waals surface area contributed by atoms with Gasteiger partial charge in [-0.25, -0.2) is 8.42 Å². The van der Waals surface area contributed by atoms with Gasteiger partial charge in [0.2, 0.25) is 5.91 Å². The summed E-state index contributed by atoms with van der Waals surface area (Å²) in [6, 6.07) is 12.4. The average molecular weight is 457 g/mol. The molecule has 0 aliphatic heterocycles. The number of sulfonamides is 1. The molecule has 0 saturated carbocycles. The van der Waals surface area contributed by atoms with Gasteiger partial charge in [-0.2, -0.15) is 0 Å². The minimum Gasteiger partial charge on any atom is -0.351 e. The normalized spacial score (nSPS) is 11.9. The maximum atomic E-state index is 13.3. The third kappa shape index (κ3) is 5.87. The fraction of sp³-hybridized carbons (Fsp3) is 0.381. The number of nitrogens with one attached hydrogen (secondary N) is 1. The van der Waals surface area contributed by atoms with E-state index in [1.165, 1.54) is 24.3 Å². The number of halogens is 2. The smallest absolute Gasteiger partial charge is 0.264 e. The number of hydrogen-bond donors (Lipinski definition) is 1. The molecule has 1 amide bonds. The van der Waals surface area contributed by atoms with E-state index in [0.717, 1.165) is 4.31 Å². The third-order valence-corrected chi connectivity index (χ3v) is 6.87. The van der Waals surface area contributed by atoms with Gasteiger partial charge in [0.1, 0.15) is 6.54 Å². The van der Waals surface area contributed by atoms with Crippen LogP contribution in [-0.2, 0) is 14.8 Å². The lowest BCUT2D eigenvalue weighted by molar-refractivity contribution is -0.121. The van der Waals surface area contributed by atoms with Crippen molar-refractivity contribution in [3.63, 3.8) is 0 Å². The Bertz CT molecular complexity index is 940. The first-order valence-corrected chi connectivity index (χ1v) is 11.6. The van der Waals surface area contributed by atoms with Crippen LogP contribution in [0, 0.1) is 11.8 Å². The molecule has 0 aliphatic rings. The zero-order valence-corrected chi connectivity index (χ0v) is 19.2. The molecule has 5 nitrogen and oxygen atoms in total. The lowest BCUT2D eigenvalue weighted by Crippen LogP contribution is -2.48. The topological polar surface area (TPSA) is 66.5 Å². The van der Waals surface area contributed by atoms with Crippen molar-refractivity contribution in [2.24, 2.45) is 11.8 Å². The Kier molecular flexibility index (Phi) is 7.97. The number of benzene rings is 2. The second kappa shape index (κ2) is 9.83. The minimum atomic E-state index is -4.02. The summed E-state index contributed by atoms with van der Waals surface area (Å²) < 4.78 is 27.6. The van der Waals surface area contributed by atoms with Crippen LogP contribution >= 0.6 is 23.2 Å². The van der Waals surface area contributed by atoms with E-state index in [-0.39, 0.29) is 33.5 Å². The molecule has 2 rings (SSSR count). The van der Waals surface area contributed by atoms with Gasteiger partial charge in [0, 0.05) is 11.1 Å². The predicted octanol–water partition coefficient (Wildman–Crippen LogP) is 4.99. The van der Waals surface area contributed by atoms with Gasteiger partial charge in [0.15, 0.2) is 0 Å². The molecular formula is C21H26Cl2N2O3S. The molecule has 0 heterocycles. The van der Waals surface area contributed by atoms with Crippen molar-refractivity contribution in [2.45, 2.75) is 38.6 Å². The Morgan fingerprint density at radius 3 is 2.10 bits per heavy atom. The van der Waals surface area contributed by atoms with Gasteiger partial charge in [-0.05, 0) is 42.2 Å². The van der Waals surface area contributed by atoms with E-state index in [0.29, 0.717) is 5.02 Å². The summed E-state index contributed by atoms with van der Waals surface area (Å²) >= 11 is 12.3. The largest absolute Gasteiger partial charge is 0.351 e. The molecule has 2 aromatic rings. The van der Waals surface area contributed by atoms with Crippen LogP contribution in [0.3, 0.4) is 0 Å². The van der Waals surface area contributed by atoms with Gasteiger partial charge in [-0.3, -0.25) is 9.10 Å². The highest BCUT2D eigenvalue weighted by Gasteiger charge is 2.30. The van der Waals surface area contributed by atoms with Crippen LogP contribution in [-0.4, -0.2) is 26.9 Å². The van der Waals surface area contributed by atoms with E-state index in [9.17, 15) is 13.2 Å². The van der Waals surface area contributed by atoms with E-state index in [2.05, 4.69) is 5.32 Å². The SMILES string of the molecule is CC(C)C(NC(=O)CN(c1ccc(Cl)cc1Cl)S(=O)(=O)c1ccccc1)C(C)C. The molecule has 2 aromatic carbocycles. The number of anilines is 1. The van der Waals surface area contributed by atoms with Crippen LogP contribution in [0.15, 0.2) is 53.4 Å². The van der Waals surface area contributed by atoms with Crippen LogP contribution in [0.2, 0.25) is 10.0 Å². The quantitative estimate of drug-likeness (QED) is 0.608. The van der Waals surface area contributed by atoms with E-state index < -0.39 is 22.5 Å². The van der Waals surface area contributed by atoms with Gasteiger partial charge in [-0.15, -0.1) is 0 Å². The van der Waals surface area contributed by atoms with Gasteiger partial charge >= 0.3 is 0 Å². The highest BCUT2D eigenvalue weighted by Crippen LogP contribution is 2.32. The highest BCUT2D eigenvalue weighted by atomic mass is 35.5. The van der Waals surface area contributed by atoms with Gasteiger partial charge in [-0.1, -0.05) is 69.1 Å². The van der Waals surface area contributed by atoms with Crippen LogP contribution < -0.4 is 9.62 Å². The van der Waals surface area contributed by atoms with E-state index in [4.69, 9.17) is 23.2 Å². The number of hydrogen-bond acceptors (Lipinski definition) is 3. The molecule has 0 fully saturated rings. The molecule has 0 unspecified atom stereocenters. The Morgan fingerprint density at radius 2 is 1.59 bits per heavy atom. The summed E-state index contributed by atoms with van der Waals surface area (Å²) in [7, 11) is -4.02. The number of nitrogens with zero attached hydrogens (tertiary/aromatic N) is 1. The van der Waals surface area contributed by atoms with Gasteiger partial charge in [0.05, 0.1) is 15.6 Å². The van der Waals surface area contributed by atoms with Crippen molar-refractivity contribution in [3.05, 3.63) is 58.6 Å². The molecule has 158 valence electrons. The van der Waals surface area contributed by atoms with Crippen molar-refractivity contribution in [1.82, 2.24) is 5.32 Å². The summed E-state index contributed by atoms with van der Waals surface area (Å²) in [4.78, 5) is 12.9. The fourth-order valence-corrected chi connectivity index (χ4v) is 5.19. The summed E-state index contributed by atoms with van der Waals surface area (Å²) in [6.45, 7) is 7.66. The number of amides is 1. The lowest BCUT2D eigenvalue weighted by atomic mass is 9.93. The molecule has 8 heteroatoms. The van der Waals surface area contributed by atoms with Crippen LogP contribution in [0.1, 0.15) is 27.7 Å².